The van der Waals surface area contributed by atoms with E-state index in [1.807, 2.05) is 55.1 Å². The van der Waals surface area contributed by atoms with Crippen molar-refractivity contribution in [3.8, 4) is 11.3 Å². The van der Waals surface area contributed by atoms with E-state index in [4.69, 9.17) is 9.26 Å². The Morgan fingerprint density at radius 2 is 2.03 bits per heavy atom. The van der Waals surface area contributed by atoms with Gasteiger partial charge in [-0.1, -0.05) is 35.5 Å². The average molecular weight is 392 g/mol. The highest BCUT2D eigenvalue weighted by Gasteiger charge is 2.37. The summed E-state index contributed by atoms with van der Waals surface area (Å²) in [6.45, 7) is 4.83. The molecule has 2 atom stereocenters. The summed E-state index contributed by atoms with van der Waals surface area (Å²) in [5.74, 6) is 1.51. The van der Waals surface area contributed by atoms with Crippen LogP contribution >= 0.6 is 0 Å². The number of rotatable bonds is 5. The minimum absolute atomic E-state index is 0.0594. The zero-order valence-corrected chi connectivity index (χ0v) is 16.8. The lowest BCUT2D eigenvalue weighted by atomic mass is 10.0. The van der Waals surface area contributed by atoms with Gasteiger partial charge in [-0.25, -0.2) is 9.97 Å². The fourth-order valence-corrected chi connectivity index (χ4v) is 3.85. The third-order valence-electron chi connectivity index (χ3n) is 5.30. The molecule has 1 saturated heterocycles. The Bertz CT molecular complexity index is 1000. The molecule has 1 aliphatic rings. The van der Waals surface area contributed by atoms with Gasteiger partial charge in [0, 0.05) is 50.4 Å². The Labute approximate surface area is 169 Å². The van der Waals surface area contributed by atoms with Gasteiger partial charge < -0.3 is 14.2 Å². The first-order valence-electron chi connectivity index (χ1n) is 9.68. The molecule has 2 aromatic heterocycles. The molecule has 0 bridgehead atoms. The lowest BCUT2D eigenvalue weighted by Crippen LogP contribution is -2.30. The summed E-state index contributed by atoms with van der Waals surface area (Å²) in [7, 11) is 1.68. The minimum atomic E-state index is -0.0813. The largest absolute Gasteiger partial charge is 0.379 e. The maximum Gasteiger partial charge on any atom is 0.257 e. The third kappa shape index (κ3) is 4.05. The molecule has 3 heterocycles. The zero-order chi connectivity index (χ0) is 20.4. The van der Waals surface area contributed by atoms with E-state index in [-0.39, 0.29) is 17.9 Å². The van der Waals surface area contributed by atoms with Crippen LogP contribution in [-0.2, 0) is 11.2 Å². The van der Waals surface area contributed by atoms with Crippen LogP contribution in [0.1, 0.15) is 27.6 Å². The maximum absolute atomic E-state index is 13.4. The van der Waals surface area contributed by atoms with Crippen molar-refractivity contribution in [3.05, 3.63) is 65.4 Å². The highest BCUT2D eigenvalue weighted by Crippen LogP contribution is 2.28. The second kappa shape index (κ2) is 8.13. The molecule has 150 valence electrons. The summed E-state index contributed by atoms with van der Waals surface area (Å²) in [6, 6.07) is 11.7. The molecule has 0 aliphatic carbocycles. The quantitative estimate of drug-likeness (QED) is 0.664. The van der Waals surface area contributed by atoms with Crippen molar-refractivity contribution < 1.29 is 14.1 Å². The van der Waals surface area contributed by atoms with E-state index in [1.54, 1.807) is 13.3 Å². The monoisotopic (exact) mass is 392 g/mol. The molecule has 0 radical (unpaired) electrons. The van der Waals surface area contributed by atoms with E-state index < -0.39 is 0 Å². The molecule has 0 spiro atoms. The molecule has 1 aromatic carbocycles. The molecule has 3 aromatic rings. The van der Waals surface area contributed by atoms with Crippen molar-refractivity contribution in [2.45, 2.75) is 26.4 Å². The molecule has 0 saturated carbocycles. The predicted molar refractivity (Wildman–Crippen MR) is 107 cm³/mol. The number of ether oxygens (including phenoxy) is 1. The van der Waals surface area contributed by atoms with Crippen molar-refractivity contribution in [3.63, 3.8) is 0 Å². The van der Waals surface area contributed by atoms with E-state index in [9.17, 15) is 4.79 Å². The van der Waals surface area contributed by atoms with E-state index in [2.05, 4.69) is 15.1 Å². The Balaban J connectivity index is 1.58. The number of amides is 1. The van der Waals surface area contributed by atoms with Gasteiger partial charge >= 0.3 is 0 Å². The second-order valence-corrected chi connectivity index (χ2v) is 7.43. The second-order valence-electron chi connectivity index (χ2n) is 7.43. The summed E-state index contributed by atoms with van der Waals surface area (Å²) < 4.78 is 11.0. The minimum Gasteiger partial charge on any atom is -0.379 e. The van der Waals surface area contributed by atoms with E-state index in [0.717, 1.165) is 17.0 Å². The Morgan fingerprint density at radius 3 is 2.72 bits per heavy atom. The number of carbonyl (C=O) groups excluding carboxylic acids is 1. The van der Waals surface area contributed by atoms with Crippen LogP contribution in [0.3, 0.4) is 0 Å². The third-order valence-corrected chi connectivity index (χ3v) is 5.30. The van der Waals surface area contributed by atoms with Crippen LogP contribution in [0.2, 0.25) is 0 Å². The van der Waals surface area contributed by atoms with Gasteiger partial charge in [0.25, 0.3) is 5.91 Å². The first-order valence-corrected chi connectivity index (χ1v) is 9.68. The lowest BCUT2D eigenvalue weighted by molar-refractivity contribution is 0.0672. The molecule has 7 heteroatoms. The number of benzene rings is 1. The molecular formula is C22H24N4O3. The normalized spacial score (nSPS) is 18.9. The van der Waals surface area contributed by atoms with Gasteiger partial charge in [-0.15, -0.1) is 0 Å². The Morgan fingerprint density at radius 1 is 1.24 bits per heavy atom. The van der Waals surface area contributed by atoms with Crippen LogP contribution in [0.5, 0.6) is 0 Å². The number of carbonyl (C=O) groups is 1. The molecule has 7 nitrogen and oxygen atoms in total. The Hall–Kier alpha value is -3.06. The summed E-state index contributed by atoms with van der Waals surface area (Å²) in [4.78, 5) is 24.0. The van der Waals surface area contributed by atoms with Crippen LogP contribution < -0.4 is 0 Å². The molecular weight excluding hydrogens is 368 g/mol. The summed E-state index contributed by atoms with van der Waals surface area (Å²) in [6.07, 6.45) is 2.25. The van der Waals surface area contributed by atoms with Gasteiger partial charge in [-0.2, -0.15) is 0 Å². The summed E-state index contributed by atoms with van der Waals surface area (Å²) in [5.41, 5.74) is 2.92. The smallest absolute Gasteiger partial charge is 0.257 e. The first-order chi connectivity index (χ1) is 14.0. The van der Waals surface area contributed by atoms with E-state index in [0.29, 0.717) is 36.6 Å². The fraction of sp³-hybridized carbons (Fsp3) is 0.364. The molecule has 29 heavy (non-hydrogen) atoms. The van der Waals surface area contributed by atoms with Crippen molar-refractivity contribution in [1.29, 1.82) is 0 Å². The summed E-state index contributed by atoms with van der Waals surface area (Å²) in [5, 5.41) is 3.95. The van der Waals surface area contributed by atoms with Crippen LogP contribution in [0.25, 0.3) is 11.3 Å². The molecule has 1 aliphatic heterocycles. The number of aromatic nitrogens is 3. The average Bonchev–Trinajstić information content (AvgIpc) is 3.34. The fourth-order valence-electron chi connectivity index (χ4n) is 3.85. The maximum atomic E-state index is 13.4. The van der Waals surface area contributed by atoms with Gasteiger partial charge in [0.05, 0.1) is 23.1 Å². The number of hydrogen-bond donors (Lipinski definition) is 0. The molecule has 0 N–H and O–H groups in total. The number of hydrogen-bond acceptors (Lipinski definition) is 6. The van der Waals surface area contributed by atoms with Gasteiger partial charge in [-0.3, -0.25) is 4.79 Å². The zero-order valence-electron chi connectivity index (χ0n) is 16.8. The molecule has 0 unspecified atom stereocenters. The predicted octanol–water partition coefficient (Wildman–Crippen LogP) is 3.08. The highest BCUT2D eigenvalue weighted by atomic mass is 16.5. The lowest BCUT2D eigenvalue weighted by Gasteiger charge is -2.18. The summed E-state index contributed by atoms with van der Waals surface area (Å²) >= 11 is 0. The Kier molecular flexibility index (Phi) is 5.40. The van der Waals surface area contributed by atoms with Crippen molar-refractivity contribution in [1.82, 2.24) is 20.0 Å². The number of likely N-dealkylation sites (tertiary alicyclic amines) is 1. The van der Waals surface area contributed by atoms with Gasteiger partial charge in [0.15, 0.2) is 0 Å². The molecule has 1 fully saturated rings. The molecule has 1 amide bonds. The standard InChI is InChI=1S/C22H24N4O3/c1-14-9-18(29-25-14)10-17-12-26(13-20(17)28-3)22(27)19-11-23-15(2)24-21(19)16-7-5-4-6-8-16/h4-9,11,17,20H,10,12-13H2,1-3H3/t17-,20+/m1/s1. The van der Waals surface area contributed by atoms with Crippen LogP contribution in [0.4, 0.5) is 0 Å². The van der Waals surface area contributed by atoms with E-state index >= 15 is 0 Å². The van der Waals surface area contributed by atoms with Crippen molar-refractivity contribution in [2.75, 3.05) is 20.2 Å². The van der Waals surface area contributed by atoms with Crippen LogP contribution in [-0.4, -0.2) is 52.2 Å². The van der Waals surface area contributed by atoms with Gasteiger partial charge in [-0.05, 0) is 13.8 Å². The van der Waals surface area contributed by atoms with Gasteiger partial charge in [0.1, 0.15) is 11.6 Å². The topological polar surface area (TPSA) is 81.4 Å². The SMILES string of the molecule is CO[C@H]1CN(C(=O)c2cnc(C)nc2-c2ccccc2)C[C@H]1Cc1cc(C)no1. The van der Waals surface area contributed by atoms with Crippen LogP contribution in [0, 0.1) is 19.8 Å². The van der Waals surface area contributed by atoms with Crippen molar-refractivity contribution in [2.24, 2.45) is 5.92 Å². The van der Waals surface area contributed by atoms with Crippen LogP contribution in [0.15, 0.2) is 47.1 Å². The number of nitrogens with zero attached hydrogens (tertiary/aromatic N) is 4. The van der Waals surface area contributed by atoms with Crippen molar-refractivity contribution >= 4 is 5.91 Å². The van der Waals surface area contributed by atoms with E-state index in [1.165, 1.54) is 0 Å². The highest BCUT2D eigenvalue weighted by molar-refractivity contribution is 5.99. The molecule has 4 rings (SSSR count). The number of aryl methyl sites for hydroxylation is 2. The van der Waals surface area contributed by atoms with Gasteiger partial charge in [0.2, 0.25) is 0 Å². The first kappa shape index (κ1) is 19.3. The number of methoxy groups -OCH3 is 1.